The Morgan fingerprint density at radius 2 is 1.74 bits per heavy atom. The minimum Gasteiger partial charge on any atom is -0.352 e. The van der Waals surface area contributed by atoms with Crippen molar-refractivity contribution in [3.05, 3.63) is 64.6 Å². The van der Waals surface area contributed by atoms with Gasteiger partial charge in [-0.2, -0.15) is 4.98 Å². The van der Waals surface area contributed by atoms with Crippen LogP contribution in [0.4, 0.5) is 17.5 Å². The molecule has 0 aliphatic heterocycles. The maximum Gasteiger partial charge on any atom is 0.225 e. The summed E-state index contributed by atoms with van der Waals surface area (Å²) in [6.07, 6.45) is 0.973. The zero-order chi connectivity index (χ0) is 19.2. The lowest BCUT2D eigenvalue weighted by Gasteiger charge is -2.15. The highest BCUT2D eigenvalue weighted by Crippen LogP contribution is 2.26. The normalized spacial score (nSPS) is 11.7. The van der Waals surface area contributed by atoms with E-state index in [1.807, 2.05) is 36.4 Å². The topological polar surface area (TPSA) is 61.9 Å². The van der Waals surface area contributed by atoms with Crippen molar-refractivity contribution < 1.29 is 0 Å². The summed E-state index contributed by atoms with van der Waals surface area (Å²) in [5, 5.41) is 4.43. The number of hydrazine groups is 1. The summed E-state index contributed by atoms with van der Waals surface area (Å²) in [6, 6.07) is 17.4. The predicted molar refractivity (Wildman–Crippen MR) is 115 cm³/mol. The maximum absolute atomic E-state index is 6.21. The highest BCUT2D eigenvalue weighted by Gasteiger charge is 2.09. The van der Waals surface area contributed by atoms with Crippen molar-refractivity contribution in [2.45, 2.75) is 26.3 Å². The second kappa shape index (κ2) is 8.93. The Morgan fingerprint density at radius 1 is 0.963 bits per heavy atom. The molecule has 0 amide bonds. The maximum atomic E-state index is 6.21. The van der Waals surface area contributed by atoms with E-state index in [0.29, 0.717) is 27.5 Å². The highest BCUT2D eigenvalue weighted by atomic mass is 35.5. The standard InChI is InChI=1S/C20H21Cl2N5/c1-3-13(2)23-20-24-18(14-7-5-4-6-8-14)12-19(25-20)27-26-17-10-9-15(21)11-16(17)22/h4-13,26H,3H2,1-2H3,(H2,23,24,25,27)/t13-/m0/s1. The van der Waals surface area contributed by atoms with Crippen molar-refractivity contribution in [3.63, 3.8) is 0 Å². The van der Waals surface area contributed by atoms with Crippen LogP contribution in [0.1, 0.15) is 20.3 Å². The number of nitrogens with one attached hydrogen (secondary N) is 3. The molecule has 27 heavy (non-hydrogen) atoms. The van der Waals surface area contributed by atoms with Crippen LogP contribution in [-0.2, 0) is 0 Å². The molecule has 7 heteroatoms. The number of aromatic nitrogens is 2. The van der Waals surface area contributed by atoms with Crippen molar-refractivity contribution in [2.24, 2.45) is 0 Å². The van der Waals surface area contributed by atoms with E-state index in [4.69, 9.17) is 23.2 Å². The molecule has 0 saturated heterocycles. The van der Waals surface area contributed by atoms with Crippen LogP contribution in [0.5, 0.6) is 0 Å². The number of benzene rings is 2. The Kier molecular flexibility index (Phi) is 6.37. The van der Waals surface area contributed by atoms with E-state index in [0.717, 1.165) is 17.7 Å². The summed E-state index contributed by atoms with van der Waals surface area (Å²) < 4.78 is 0. The molecule has 0 radical (unpaired) electrons. The molecule has 0 bridgehead atoms. The van der Waals surface area contributed by atoms with Crippen molar-refractivity contribution >= 4 is 40.7 Å². The molecule has 2 aromatic carbocycles. The van der Waals surface area contributed by atoms with Crippen LogP contribution in [0.15, 0.2) is 54.6 Å². The molecule has 0 saturated carbocycles. The summed E-state index contributed by atoms with van der Waals surface area (Å²) in [4.78, 5) is 9.19. The van der Waals surface area contributed by atoms with Gasteiger partial charge < -0.3 is 5.32 Å². The summed E-state index contributed by atoms with van der Waals surface area (Å²) in [5.74, 6) is 1.19. The van der Waals surface area contributed by atoms with Crippen LogP contribution in [-0.4, -0.2) is 16.0 Å². The van der Waals surface area contributed by atoms with Gasteiger partial charge in [0, 0.05) is 22.7 Å². The molecule has 0 fully saturated rings. The fourth-order valence-corrected chi connectivity index (χ4v) is 2.83. The molecule has 5 nitrogen and oxygen atoms in total. The van der Waals surface area contributed by atoms with E-state index >= 15 is 0 Å². The zero-order valence-corrected chi connectivity index (χ0v) is 16.6. The highest BCUT2D eigenvalue weighted by molar-refractivity contribution is 6.36. The Hall–Kier alpha value is -2.50. The average molecular weight is 402 g/mol. The molecule has 1 atom stereocenters. The number of halogens is 2. The van der Waals surface area contributed by atoms with Gasteiger partial charge in [0.15, 0.2) is 5.82 Å². The Labute approximate surface area is 169 Å². The zero-order valence-electron chi connectivity index (χ0n) is 15.1. The van der Waals surface area contributed by atoms with E-state index in [1.54, 1.807) is 18.2 Å². The molecule has 140 valence electrons. The summed E-state index contributed by atoms with van der Waals surface area (Å²) in [5.41, 5.74) is 8.71. The SMILES string of the molecule is CC[C@H](C)Nc1nc(NNc2ccc(Cl)cc2Cl)cc(-c2ccccc2)n1. The van der Waals surface area contributed by atoms with Crippen LogP contribution in [0.3, 0.4) is 0 Å². The summed E-state index contributed by atoms with van der Waals surface area (Å²) in [7, 11) is 0. The molecule has 3 N–H and O–H groups in total. The molecule has 3 rings (SSSR count). The lowest BCUT2D eigenvalue weighted by Crippen LogP contribution is -2.17. The van der Waals surface area contributed by atoms with Gasteiger partial charge in [0.25, 0.3) is 0 Å². The van der Waals surface area contributed by atoms with Crippen molar-refractivity contribution in [3.8, 4) is 11.3 Å². The number of hydrogen-bond donors (Lipinski definition) is 3. The Morgan fingerprint density at radius 3 is 2.44 bits per heavy atom. The largest absolute Gasteiger partial charge is 0.352 e. The first kappa shape index (κ1) is 19.3. The molecule has 3 aromatic rings. The van der Waals surface area contributed by atoms with E-state index in [-0.39, 0.29) is 6.04 Å². The number of rotatable bonds is 7. The minimum absolute atomic E-state index is 0.266. The van der Waals surface area contributed by atoms with E-state index in [2.05, 4.69) is 40.0 Å². The van der Waals surface area contributed by atoms with Gasteiger partial charge in [-0.1, -0.05) is 60.5 Å². The average Bonchev–Trinajstić information content (AvgIpc) is 2.67. The van der Waals surface area contributed by atoms with Gasteiger partial charge in [0.05, 0.1) is 16.4 Å². The molecule has 0 spiro atoms. The second-order valence-electron chi connectivity index (χ2n) is 6.16. The number of hydrogen-bond acceptors (Lipinski definition) is 5. The van der Waals surface area contributed by atoms with Gasteiger partial charge in [-0.05, 0) is 31.5 Å². The van der Waals surface area contributed by atoms with Crippen LogP contribution in [0.2, 0.25) is 10.0 Å². The molecule has 0 unspecified atom stereocenters. The third kappa shape index (κ3) is 5.25. The van der Waals surface area contributed by atoms with Gasteiger partial charge >= 0.3 is 0 Å². The van der Waals surface area contributed by atoms with Crippen molar-refractivity contribution in [1.82, 2.24) is 9.97 Å². The lowest BCUT2D eigenvalue weighted by molar-refractivity contribution is 0.753. The van der Waals surface area contributed by atoms with Gasteiger partial charge in [-0.25, -0.2) is 4.98 Å². The van der Waals surface area contributed by atoms with E-state index < -0.39 is 0 Å². The van der Waals surface area contributed by atoms with E-state index in [1.165, 1.54) is 0 Å². The van der Waals surface area contributed by atoms with Crippen molar-refractivity contribution in [1.29, 1.82) is 0 Å². The quantitative estimate of drug-likeness (QED) is 0.417. The lowest BCUT2D eigenvalue weighted by atomic mass is 10.1. The third-order valence-electron chi connectivity index (χ3n) is 4.04. The Bertz CT molecular complexity index is 902. The van der Waals surface area contributed by atoms with Gasteiger partial charge in [0.2, 0.25) is 5.95 Å². The van der Waals surface area contributed by atoms with Crippen molar-refractivity contribution in [2.75, 3.05) is 16.2 Å². The first-order valence-electron chi connectivity index (χ1n) is 8.73. The van der Waals surface area contributed by atoms with Crippen LogP contribution >= 0.6 is 23.2 Å². The van der Waals surface area contributed by atoms with Crippen LogP contribution < -0.4 is 16.2 Å². The molecular formula is C20H21Cl2N5. The number of nitrogens with zero attached hydrogens (tertiary/aromatic N) is 2. The third-order valence-corrected chi connectivity index (χ3v) is 4.59. The van der Waals surface area contributed by atoms with Gasteiger partial charge in [0.1, 0.15) is 0 Å². The molecule has 1 heterocycles. The minimum atomic E-state index is 0.266. The second-order valence-corrected chi connectivity index (χ2v) is 7.00. The first-order valence-corrected chi connectivity index (χ1v) is 9.49. The fourth-order valence-electron chi connectivity index (χ4n) is 2.38. The Balaban J connectivity index is 1.87. The number of anilines is 3. The predicted octanol–water partition coefficient (Wildman–Crippen LogP) is 6.10. The van der Waals surface area contributed by atoms with Crippen LogP contribution in [0, 0.1) is 0 Å². The smallest absolute Gasteiger partial charge is 0.225 e. The van der Waals surface area contributed by atoms with Gasteiger partial charge in [-0.15, -0.1) is 0 Å². The fraction of sp³-hybridized carbons (Fsp3) is 0.200. The molecule has 0 aliphatic rings. The molecule has 1 aromatic heterocycles. The summed E-state index contributed by atoms with van der Waals surface area (Å²) >= 11 is 12.2. The monoisotopic (exact) mass is 401 g/mol. The molecule has 0 aliphatic carbocycles. The van der Waals surface area contributed by atoms with Gasteiger partial charge in [-0.3, -0.25) is 10.9 Å². The summed E-state index contributed by atoms with van der Waals surface area (Å²) in [6.45, 7) is 4.21. The molecular weight excluding hydrogens is 381 g/mol. The first-order chi connectivity index (χ1) is 13.0. The van der Waals surface area contributed by atoms with E-state index in [9.17, 15) is 0 Å². The van der Waals surface area contributed by atoms with Crippen LogP contribution in [0.25, 0.3) is 11.3 Å².